The van der Waals surface area contributed by atoms with Gasteiger partial charge in [0.15, 0.2) is 11.0 Å². The van der Waals surface area contributed by atoms with Crippen LogP contribution >= 0.6 is 0 Å². The zero-order valence-corrected chi connectivity index (χ0v) is 16.5. The van der Waals surface area contributed by atoms with Gasteiger partial charge in [-0.15, -0.1) is 0 Å². The topological polar surface area (TPSA) is 85.3 Å². The Bertz CT molecular complexity index is 1050. The first kappa shape index (κ1) is 19.8. The van der Waals surface area contributed by atoms with Crippen molar-refractivity contribution in [1.82, 2.24) is 5.32 Å². The van der Waals surface area contributed by atoms with Gasteiger partial charge in [0.05, 0.1) is 10.9 Å². The van der Waals surface area contributed by atoms with Crippen LogP contribution in [0.5, 0.6) is 0 Å². The maximum absolute atomic E-state index is 12.9. The van der Waals surface area contributed by atoms with E-state index in [0.29, 0.717) is 34.4 Å². The van der Waals surface area contributed by atoms with Crippen LogP contribution in [0, 0.1) is 6.92 Å². The first-order valence-corrected chi connectivity index (χ1v) is 9.59. The molecule has 0 unspecified atom stereocenters. The van der Waals surface area contributed by atoms with Crippen molar-refractivity contribution in [2.45, 2.75) is 39.2 Å². The Balaban J connectivity index is 2.08. The van der Waals surface area contributed by atoms with Crippen LogP contribution in [0.25, 0.3) is 22.3 Å². The molecule has 3 rings (SSSR count). The highest BCUT2D eigenvalue weighted by Crippen LogP contribution is 2.27. The van der Waals surface area contributed by atoms with Gasteiger partial charge in [0.25, 0.3) is 5.91 Å². The SMILES string of the molecule is CCC(N)(CC)CNC(=O)c1cccc2c(=O)c(C)c(-c3ccccc3)oc12. The molecule has 5 nitrogen and oxygen atoms in total. The van der Waals surface area contributed by atoms with Crippen LogP contribution in [0.1, 0.15) is 42.6 Å². The number of hydrogen-bond donors (Lipinski definition) is 2. The van der Waals surface area contributed by atoms with Crippen LogP contribution < -0.4 is 16.5 Å². The van der Waals surface area contributed by atoms with Crippen LogP contribution in [-0.4, -0.2) is 18.0 Å². The van der Waals surface area contributed by atoms with Gasteiger partial charge in [-0.05, 0) is 31.9 Å². The summed E-state index contributed by atoms with van der Waals surface area (Å²) in [6.45, 7) is 6.10. The van der Waals surface area contributed by atoms with Crippen LogP contribution in [0.15, 0.2) is 57.7 Å². The molecule has 0 bridgehead atoms. The van der Waals surface area contributed by atoms with E-state index < -0.39 is 5.54 Å². The minimum absolute atomic E-state index is 0.134. The maximum atomic E-state index is 12.9. The van der Waals surface area contributed by atoms with Gasteiger partial charge in [0.1, 0.15) is 5.76 Å². The average molecular weight is 378 g/mol. The number of para-hydroxylation sites is 1. The highest BCUT2D eigenvalue weighted by molar-refractivity contribution is 6.05. The molecule has 0 saturated heterocycles. The van der Waals surface area contributed by atoms with Crippen molar-refractivity contribution >= 4 is 16.9 Å². The second-order valence-electron chi connectivity index (χ2n) is 7.19. The van der Waals surface area contributed by atoms with E-state index in [9.17, 15) is 9.59 Å². The summed E-state index contributed by atoms with van der Waals surface area (Å²) in [5, 5.41) is 3.30. The number of fused-ring (bicyclic) bond motifs is 1. The second-order valence-corrected chi connectivity index (χ2v) is 7.19. The van der Waals surface area contributed by atoms with Crippen LogP contribution in [-0.2, 0) is 0 Å². The number of carbonyl (C=O) groups excluding carboxylic acids is 1. The Kier molecular flexibility index (Phi) is 5.66. The van der Waals surface area contributed by atoms with E-state index in [1.54, 1.807) is 25.1 Å². The van der Waals surface area contributed by atoms with Crippen molar-refractivity contribution in [2.75, 3.05) is 6.54 Å². The van der Waals surface area contributed by atoms with Crippen molar-refractivity contribution in [2.24, 2.45) is 5.73 Å². The molecule has 0 spiro atoms. The van der Waals surface area contributed by atoms with Gasteiger partial charge < -0.3 is 15.5 Å². The zero-order chi connectivity index (χ0) is 20.3. The summed E-state index contributed by atoms with van der Waals surface area (Å²) in [7, 11) is 0. The van der Waals surface area contributed by atoms with Gasteiger partial charge in [-0.25, -0.2) is 0 Å². The number of nitrogens with one attached hydrogen (secondary N) is 1. The van der Waals surface area contributed by atoms with Crippen LogP contribution in [0.2, 0.25) is 0 Å². The number of benzene rings is 2. The molecule has 2 aromatic carbocycles. The first-order valence-electron chi connectivity index (χ1n) is 9.59. The van der Waals surface area contributed by atoms with E-state index in [2.05, 4.69) is 5.32 Å². The number of rotatable bonds is 6. The summed E-state index contributed by atoms with van der Waals surface area (Å²) in [6.07, 6.45) is 1.51. The Morgan fingerprint density at radius 1 is 1.07 bits per heavy atom. The third kappa shape index (κ3) is 3.71. The van der Waals surface area contributed by atoms with Crippen LogP contribution in [0.4, 0.5) is 0 Å². The highest BCUT2D eigenvalue weighted by atomic mass is 16.3. The molecule has 3 N–H and O–H groups in total. The smallest absolute Gasteiger partial charge is 0.255 e. The fourth-order valence-corrected chi connectivity index (χ4v) is 3.20. The zero-order valence-electron chi connectivity index (χ0n) is 16.5. The van der Waals surface area contributed by atoms with Crippen molar-refractivity contribution in [3.63, 3.8) is 0 Å². The fraction of sp³-hybridized carbons (Fsp3) is 0.304. The van der Waals surface area contributed by atoms with Crippen LogP contribution in [0.3, 0.4) is 0 Å². The molecule has 0 fully saturated rings. The number of nitrogens with two attached hydrogens (primary N) is 1. The first-order chi connectivity index (χ1) is 13.4. The number of hydrogen-bond acceptors (Lipinski definition) is 4. The lowest BCUT2D eigenvalue weighted by Crippen LogP contribution is -2.49. The predicted molar refractivity (Wildman–Crippen MR) is 112 cm³/mol. The fourth-order valence-electron chi connectivity index (χ4n) is 3.20. The molecule has 0 aliphatic heterocycles. The molecular weight excluding hydrogens is 352 g/mol. The average Bonchev–Trinajstić information content (AvgIpc) is 2.74. The molecule has 0 saturated carbocycles. The van der Waals surface area contributed by atoms with Gasteiger partial charge in [-0.3, -0.25) is 9.59 Å². The Hall–Kier alpha value is -2.92. The van der Waals surface area contributed by atoms with Gasteiger partial charge in [-0.1, -0.05) is 50.2 Å². The molecule has 28 heavy (non-hydrogen) atoms. The third-order valence-electron chi connectivity index (χ3n) is 5.43. The standard InChI is InChI=1S/C23H26N2O3/c1-4-23(24,5-2)14-25-22(27)18-13-9-12-17-19(26)15(3)20(28-21(17)18)16-10-7-6-8-11-16/h6-13H,4-5,14,24H2,1-3H3,(H,25,27). The molecule has 1 heterocycles. The molecule has 0 aliphatic carbocycles. The molecule has 5 heteroatoms. The lowest BCUT2D eigenvalue weighted by molar-refractivity contribution is 0.0943. The largest absolute Gasteiger partial charge is 0.455 e. The summed E-state index contributed by atoms with van der Waals surface area (Å²) in [5.41, 5.74) is 7.66. The molecule has 1 aromatic heterocycles. The van der Waals surface area contributed by atoms with E-state index in [1.165, 1.54) is 0 Å². The molecule has 0 aliphatic rings. The summed E-state index contributed by atoms with van der Waals surface area (Å²) < 4.78 is 6.10. The van der Waals surface area contributed by atoms with E-state index in [0.717, 1.165) is 18.4 Å². The maximum Gasteiger partial charge on any atom is 0.255 e. The van der Waals surface area contributed by atoms with E-state index in [4.69, 9.17) is 10.2 Å². The summed E-state index contributed by atoms with van der Waals surface area (Å²) >= 11 is 0. The monoisotopic (exact) mass is 378 g/mol. The van der Waals surface area contributed by atoms with E-state index >= 15 is 0 Å². The minimum Gasteiger partial charge on any atom is -0.455 e. The van der Waals surface area contributed by atoms with Gasteiger partial charge in [0, 0.05) is 23.2 Å². The summed E-state index contributed by atoms with van der Waals surface area (Å²) in [6, 6.07) is 14.5. The van der Waals surface area contributed by atoms with Crippen molar-refractivity contribution in [3.05, 3.63) is 69.9 Å². The molecule has 1 amide bonds. The number of carbonyl (C=O) groups is 1. The van der Waals surface area contributed by atoms with Crippen molar-refractivity contribution in [1.29, 1.82) is 0 Å². The molecule has 0 radical (unpaired) electrons. The normalized spacial score (nSPS) is 11.6. The summed E-state index contributed by atoms with van der Waals surface area (Å²) in [5.74, 6) is 0.182. The lowest BCUT2D eigenvalue weighted by atomic mass is 9.94. The molecule has 3 aromatic rings. The summed E-state index contributed by atoms with van der Waals surface area (Å²) in [4.78, 5) is 25.7. The molecular formula is C23H26N2O3. The van der Waals surface area contributed by atoms with Gasteiger partial charge in [-0.2, -0.15) is 0 Å². The Labute approximate surface area is 164 Å². The molecule has 0 atom stereocenters. The second kappa shape index (κ2) is 7.98. The van der Waals surface area contributed by atoms with Crippen molar-refractivity contribution < 1.29 is 9.21 Å². The Morgan fingerprint density at radius 3 is 2.39 bits per heavy atom. The van der Waals surface area contributed by atoms with Gasteiger partial charge >= 0.3 is 0 Å². The van der Waals surface area contributed by atoms with Gasteiger partial charge in [0.2, 0.25) is 0 Å². The van der Waals surface area contributed by atoms with Crippen molar-refractivity contribution in [3.8, 4) is 11.3 Å². The highest BCUT2D eigenvalue weighted by Gasteiger charge is 2.23. The van der Waals surface area contributed by atoms with E-state index in [1.807, 2.05) is 44.2 Å². The van der Waals surface area contributed by atoms with E-state index in [-0.39, 0.29) is 11.3 Å². The number of amides is 1. The third-order valence-corrected chi connectivity index (χ3v) is 5.43. The predicted octanol–water partition coefficient (Wildman–Crippen LogP) is 4.02. The minimum atomic E-state index is -0.452. The Morgan fingerprint density at radius 2 is 1.75 bits per heavy atom. The lowest BCUT2D eigenvalue weighted by Gasteiger charge is -2.26. The molecule has 146 valence electrons. The quantitative estimate of drug-likeness (QED) is 0.678.